The minimum Gasteiger partial charge on any atom is -0.352 e. The molecule has 28 heavy (non-hydrogen) atoms. The van der Waals surface area contributed by atoms with E-state index in [4.69, 9.17) is 0 Å². The predicted octanol–water partition coefficient (Wildman–Crippen LogP) is 3.67. The summed E-state index contributed by atoms with van der Waals surface area (Å²) < 4.78 is 13.4. The number of hydrogen-bond donors (Lipinski definition) is 2. The second kappa shape index (κ2) is 10.6. The van der Waals surface area contributed by atoms with E-state index in [1.54, 1.807) is 30.3 Å². The summed E-state index contributed by atoms with van der Waals surface area (Å²) >= 11 is 0. The van der Waals surface area contributed by atoms with Gasteiger partial charge in [-0.05, 0) is 42.3 Å². The Labute approximate surface area is 165 Å². The number of rotatable bonds is 9. The first-order valence-corrected chi connectivity index (χ1v) is 9.53. The Kier molecular flexibility index (Phi) is 8.14. The molecule has 0 heterocycles. The molecule has 2 aromatic rings. The number of halogens is 1. The van der Waals surface area contributed by atoms with Gasteiger partial charge in [-0.25, -0.2) is 4.39 Å². The van der Waals surface area contributed by atoms with Gasteiger partial charge in [0, 0.05) is 13.1 Å². The second-order valence-corrected chi connectivity index (χ2v) is 7.13. The van der Waals surface area contributed by atoms with Crippen molar-refractivity contribution >= 4 is 17.5 Å². The minimum atomic E-state index is -0.292. The number of hydrogen-bond acceptors (Lipinski definition) is 3. The topological polar surface area (TPSA) is 61.4 Å². The van der Waals surface area contributed by atoms with Gasteiger partial charge in [-0.2, -0.15) is 0 Å². The molecule has 2 rings (SSSR count). The van der Waals surface area contributed by atoms with Crippen molar-refractivity contribution in [2.45, 2.75) is 27.3 Å². The maximum absolute atomic E-state index is 13.4. The van der Waals surface area contributed by atoms with Gasteiger partial charge in [-0.1, -0.05) is 45.0 Å². The zero-order valence-electron chi connectivity index (χ0n) is 16.7. The second-order valence-electron chi connectivity index (χ2n) is 7.13. The molecule has 0 aliphatic carbocycles. The summed E-state index contributed by atoms with van der Waals surface area (Å²) in [4.78, 5) is 26.8. The molecule has 0 unspecified atom stereocenters. The van der Waals surface area contributed by atoms with E-state index in [1.165, 1.54) is 12.1 Å². The van der Waals surface area contributed by atoms with Crippen LogP contribution in [0.2, 0.25) is 0 Å². The fourth-order valence-electron chi connectivity index (χ4n) is 2.75. The number of nitrogens with one attached hydrogen (secondary N) is 2. The van der Waals surface area contributed by atoms with Gasteiger partial charge in [0.05, 0.1) is 17.8 Å². The highest BCUT2D eigenvalue weighted by atomic mass is 19.1. The Morgan fingerprint density at radius 2 is 1.86 bits per heavy atom. The van der Waals surface area contributed by atoms with Crippen LogP contribution in [0.25, 0.3) is 0 Å². The van der Waals surface area contributed by atoms with Crippen LogP contribution >= 0.6 is 0 Å². The van der Waals surface area contributed by atoms with Gasteiger partial charge in [0.1, 0.15) is 5.82 Å². The Morgan fingerprint density at radius 1 is 1.11 bits per heavy atom. The zero-order chi connectivity index (χ0) is 20.5. The number of carbonyl (C=O) groups is 2. The van der Waals surface area contributed by atoms with Crippen LogP contribution in [0, 0.1) is 11.7 Å². The third-order valence-corrected chi connectivity index (χ3v) is 4.23. The highest BCUT2D eigenvalue weighted by Gasteiger charge is 2.15. The van der Waals surface area contributed by atoms with Crippen molar-refractivity contribution in [3.05, 3.63) is 65.5 Å². The zero-order valence-corrected chi connectivity index (χ0v) is 16.7. The molecule has 2 amide bonds. The Morgan fingerprint density at radius 3 is 2.54 bits per heavy atom. The normalized spacial score (nSPS) is 10.9. The summed E-state index contributed by atoms with van der Waals surface area (Å²) in [6, 6.07) is 13.3. The molecule has 5 nitrogen and oxygen atoms in total. The molecule has 0 atom stereocenters. The molecule has 0 aliphatic rings. The number of likely N-dealkylation sites (N-methyl/N-ethyl adjacent to an activating group) is 1. The predicted molar refractivity (Wildman–Crippen MR) is 110 cm³/mol. The Balaban J connectivity index is 2.00. The van der Waals surface area contributed by atoms with Gasteiger partial charge >= 0.3 is 0 Å². The highest BCUT2D eigenvalue weighted by Crippen LogP contribution is 2.15. The largest absolute Gasteiger partial charge is 0.352 e. The monoisotopic (exact) mass is 385 g/mol. The van der Waals surface area contributed by atoms with E-state index in [2.05, 4.69) is 10.6 Å². The first-order chi connectivity index (χ1) is 13.4. The van der Waals surface area contributed by atoms with E-state index in [9.17, 15) is 14.0 Å². The van der Waals surface area contributed by atoms with Gasteiger partial charge in [-0.3, -0.25) is 14.5 Å². The first kappa shape index (κ1) is 21.6. The summed E-state index contributed by atoms with van der Waals surface area (Å²) in [7, 11) is 0. The third-order valence-electron chi connectivity index (χ3n) is 4.23. The number of para-hydroxylation sites is 1. The fourth-order valence-corrected chi connectivity index (χ4v) is 2.75. The maximum atomic E-state index is 13.4. The SMILES string of the molecule is CCN(CC(=O)Nc1ccccc1C(=O)NCC(C)C)Cc1cccc(F)c1. The molecule has 0 radical (unpaired) electrons. The van der Waals surface area contributed by atoms with Crippen molar-refractivity contribution in [2.75, 3.05) is 25.0 Å². The molecule has 0 aromatic heterocycles. The summed E-state index contributed by atoms with van der Waals surface area (Å²) in [5.74, 6) is -0.384. The minimum absolute atomic E-state index is 0.148. The van der Waals surface area contributed by atoms with Crippen LogP contribution < -0.4 is 10.6 Å². The number of benzene rings is 2. The lowest BCUT2D eigenvalue weighted by molar-refractivity contribution is -0.117. The average Bonchev–Trinajstić information content (AvgIpc) is 2.66. The molecule has 0 bridgehead atoms. The summed E-state index contributed by atoms with van der Waals surface area (Å²) in [5.41, 5.74) is 1.73. The lowest BCUT2D eigenvalue weighted by Crippen LogP contribution is -2.33. The molecule has 6 heteroatoms. The number of nitrogens with zero attached hydrogens (tertiary/aromatic N) is 1. The van der Waals surface area contributed by atoms with Crippen molar-refractivity contribution in [2.24, 2.45) is 5.92 Å². The fraction of sp³-hybridized carbons (Fsp3) is 0.364. The van der Waals surface area contributed by atoms with Crippen molar-refractivity contribution in [3.63, 3.8) is 0 Å². The highest BCUT2D eigenvalue weighted by molar-refractivity contribution is 6.04. The molecule has 0 fully saturated rings. The quantitative estimate of drug-likeness (QED) is 0.692. The molecule has 2 aromatic carbocycles. The van der Waals surface area contributed by atoms with Gasteiger partial charge in [0.2, 0.25) is 5.91 Å². The summed E-state index contributed by atoms with van der Waals surface area (Å²) in [6.45, 7) is 7.81. The lowest BCUT2D eigenvalue weighted by atomic mass is 10.1. The molecule has 0 spiro atoms. The Bertz CT molecular complexity index is 808. The van der Waals surface area contributed by atoms with E-state index in [1.807, 2.05) is 31.7 Å². The number of amides is 2. The molecular weight excluding hydrogens is 357 g/mol. The first-order valence-electron chi connectivity index (χ1n) is 9.53. The van der Waals surface area contributed by atoms with Gasteiger partial charge in [-0.15, -0.1) is 0 Å². The Hall–Kier alpha value is -2.73. The van der Waals surface area contributed by atoms with Gasteiger partial charge in [0.15, 0.2) is 0 Å². The van der Waals surface area contributed by atoms with E-state index in [0.717, 1.165) is 5.56 Å². The van der Waals surface area contributed by atoms with Gasteiger partial charge in [0.25, 0.3) is 5.91 Å². The summed E-state index contributed by atoms with van der Waals surface area (Å²) in [6.07, 6.45) is 0. The van der Waals surface area contributed by atoms with E-state index in [-0.39, 0.29) is 24.2 Å². The molecule has 2 N–H and O–H groups in total. The van der Waals surface area contributed by atoms with E-state index >= 15 is 0 Å². The third kappa shape index (κ3) is 6.78. The van der Waals surface area contributed by atoms with Crippen molar-refractivity contribution < 1.29 is 14.0 Å². The molecule has 0 aliphatic heterocycles. The smallest absolute Gasteiger partial charge is 0.253 e. The molecule has 0 saturated carbocycles. The standard InChI is InChI=1S/C22H28FN3O2/c1-4-26(14-17-8-7-9-18(23)12-17)15-21(27)25-20-11-6-5-10-19(20)22(28)24-13-16(2)3/h5-12,16H,4,13-15H2,1-3H3,(H,24,28)(H,25,27). The van der Waals surface area contributed by atoms with Crippen LogP contribution in [0.3, 0.4) is 0 Å². The molecular formula is C22H28FN3O2. The molecule has 150 valence electrons. The van der Waals surface area contributed by atoms with Crippen molar-refractivity contribution in [1.29, 1.82) is 0 Å². The van der Waals surface area contributed by atoms with Crippen LogP contribution in [0.4, 0.5) is 10.1 Å². The molecule has 0 saturated heterocycles. The van der Waals surface area contributed by atoms with Crippen LogP contribution in [-0.4, -0.2) is 36.3 Å². The van der Waals surface area contributed by atoms with E-state index < -0.39 is 0 Å². The van der Waals surface area contributed by atoms with Crippen LogP contribution in [0.15, 0.2) is 48.5 Å². The van der Waals surface area contributed by atoms with Gasteiger partial charge < -0.3 is 10.6 Å². The van der Waals surface area contributed by atoms with Crippen LogP contribution in [0.5, 0.6) is 0 Å². The van der Waals surface area contributed by atoms with Crippen LogP contribution in [-0.2, 0) is 11.3 Å². The van der Waals surface area contributed by atoms with Crippen LogP contribution in [0.1, 0.15) is 36.7 Å². The average molecular weight is 385 g/mol. The van der Waals surface area contributed by atoms with Crippen molar-refractivity contribution in [1.82, 2.24) is 10.2 Å². The maximum Gasteiger partial charge on any atom is 0.253 e. The number of anilines is 1. The number of carbonyl (C=O) groups excluding carboxylic acids is 2. The lowest BCUT2D eigenvalue weighted by Gasteiger charge is -2.20. The van der Waals surface area contributed by atoms with E-state index in [0.29, 0.717) is 36.8 Å². The van der Waals surface area contributed by atoms with Crippen molar-refractivity contribution in [3.8, 4) is 0 Å². The summed E-state index contributed by atoms with van der Waals surface area (Å²) in [5, 5.41) is 5.69.